The third-order valence-electron chi connectivity index (χ3n) is 4.17. The molecule has 2 aromatic carbocycles. The summed E-state index contributed by atoms with van der Waals surface area (Å²) in [5.74, 6) is 2.85. The second-order valence-corrected chi connectivity index (χ2v) is 6.60. The summed E-state index contributed by atoms with van der Waals surface area (Å²) in [7, 11) is 1.66. The van der Waals surface area contributed by atoms with E-state index in [0.29, 0.717) is 11.6 Å². The minimum absolute atomic E-state index is 0.108. The van der Waals surface area contributed by atoms with Gasteiger partial charge >= 0.3 is 0 Å². The van der Waals surface area contributed by atoms with Crippen LogP contribution in [0.2, 0.25) is 0 Å². The van der Waals surface area contributed by atoms with E-state index in [-0.39, 0.29) is 5.91 Å². The highest BCUT2D eigenvalue weighted by atomic mass is 16.5. The predicted octanol–water partition coefficient (Wildman–Crippen LogP) is 4.15. The normalized spacial score (nSPS) is 10.3. The molecule has 1 aromatic heterocycles. The van der Waals surface area contributed by atoms with E-state index in [4.69, 9.17) is 4.74 Å². The molecular formula is C22H25N5O2. The molecule has 3 rings (SSSR count). The lowest BCUT2D eigenvalue weighted by Gasteiger charge is -2.11. The van der Waals surface area contributed by atoms with Crippen molar-refractivity contribution in [2.45, 2.75) is 20.3 Å². The third kappa shape index (κ3) is 6.21. The second kappa shape index (κ2) is 9.54. The molecule has 0 spiro atoms. The molecule has 7 heteroatoms. The van der Waals surface area contributed by atoms with Crippen molar-refractivity contribution in [1.29, 1.82) is 0 Å². The zero-order valence-corrected chi connectivity index (χ0v) is 16.8. The number of ether oxygens (including phenoxy) is 1. The van der Waals surface area contributed by atoms with Crippen LogP contribution in [-0.2, 0) is 11.2 Å². The Morgan fingerprint density at radius 3 is 2.45 bits per heavy atom. The lowest BCUT2D eigenvalue weighted by molar-refractivity contribution is -0.114. The predicted molar refractivity (Wildman–Crippen MR) is 116 cm³/mol. The molecular weight excluding hydrogens is 366 g/mol. The average molecular weight is 391 g/mol. The van der Waals surface area contributed by atoms with Crippen LogP contribution in [0.25, 0.3) is 0 Å². The monoisotopic (exact) mass is 391 g/mol. The number of aromatic nitrogens is 2. The summed E-state index contributed by atoms with van der Waals surface area (Å²) in [4.78, 5) is 20.1. The Kier molecular flexibility index (Phi) is 6.63. The van der Waals surface area contributed by atoms with Crippen LogP contribution >= 0.6 is 0 Å². The number of anilines is 4. The standard InChI is InChI=1S/C22H25N5O2/c1-15-24-21(23-12-11-17-7-9-20(29-3)10-8-17)14-22(25-15)27-19-6-4-5-18(13-19)26-16(2)28/h4-10,13-14H,11-12H2,1-3H3,(H,26,28)(H2,23,24,25,27). The number of nitrogens with zero attached hydrogens (tertiary/aromatic N) is 2. The van der Waals surface area contributed by atoms with Gasteiger partial charge in [0.15, 0.2) is 0 Å². The maximum atomic E-state index is 11.2. The number of carbonyl (C=O) groups is 1. The van der Waals surface area contributed by atoms with Crippen LogP contribution in [0.15, 0.2) is 54.6 Å². The Hall–Kier alpha value is -3.61. The molecule has 29 heavy (non-hydrogen) atoms. The fourth-order valence-electron chi connectivity index (χ4n) is 2.88. The number of hydrogen-bond acceptors (Lipinski definition) is 6. The Balaban J connectivity index is 1.62. The van der Waals surface area contributed by atoms with Gasteiger partial charge in [0.05, 0.1) is 7.11 Å². The number of hydrogen-bond donors (Lipinski definition) is 3. The average Bonchev–Trinajstić information content (AvgIpc) is 2.68. The summed E-state index contributed by atoms with van der Waals surface area (Å²) in [5.41, 5.74) is 2.78. The molecule has 0 aliphatic rings. The number of aryl methyl sites for hydroxylation is 1. The fourth-order valence-corrected chi connectivity index (χ4v) is 2.88. The van der Waals surface area contributed by atoms with Gasteiger partial charge in [-0.25, -0.2) is 9.97 Å². The summed E-state index contributed by atoms with van der Waals surface area (Å²) in [6.45, 7) is 4.09. The molecule has 0 radical (unpaired) electrons. The van der Waals surface area contributed by atoms with Gasteiger partial charge in [-0.3, -0.25) is 4.79 Å². The van der Waals surface area contributed by atoms with E-state index in [2.05, 4.69) is 38.1 Å². The molecule has 1 amide bonds. The van der Waals surface area contributed by atoms with Crippen LogP contribution in [0.5, 0.6) is 5.75 Å². The largest absolute Gasteiger partial charge is 0.497 e. The van der Waals surface area contributed by atoms with E-state index in [0.717, 1.165) is 35.9 Å². The number of amides is 1. The maximum Gasteiger partial charge on any atom is 0.221 e. The first-order chi connectivity index (χ1) is 14.0. The first-order valence-electron chi connectivity index (χ1n) is 9.39. The minimum Gasteiger partial charge on any atom is -0.497 e. The highest BCUT2D eigenvalue weighted by molar-refractivity contribution is 5.89. The molecule has 150 valence electrons. The summed E-state index contributed by atoms with van der Waals surface area (Å²) in [6, 6.07) is 17.4. The highest BCUT2D eigenvalue weighted by Crippen LogP contribution is 2.21. The SMILES string of the molecule is COc1ccc(CCNc2cc(Nc3cccc(NC(C)=O)c3)nc(C)n2)cc1. The molecule has 0 aliphatic heterocycles. The maximum absolute atomic E-state index is 11.2. The lowest BCUT2D eigenvalue weighted by atomic mass is 10.1. The fraction of sp³-hybridized carbons (Fsp3) is 0.227. The topological polar surface area (TPSA) is 88.2 Å². The quantitative estimate of drug-likeness (QED) is 0.535. The molecule has 1 heterocycles. The van der Waals surface area contributed by atoms with Crippen molar-refractivity contribution in [3.05, 3.63) is 66.0 Å². The molecule has 0 fully saturated rings. The van der Waals surface area contributed by atoms with Crippen LogP contribution in [0.4, 0.5) is 23.0 Å². The smallest absolute Gasteiger partial charge is 0.221 e. The number of carbonyl (C=O) groups excluding carboxylic acids is 1. The minimum atomic E-state index is -0.108. The summed E-state index contributed by atoms with van der Waals surface area (Å²) < 4.78 is 5.18. The van der Waals surface area contributed by atoms with E-state index < -0.39 is 0 Å². The third-order valence-corrected chi connectivity index (χ3v) is 4.17. The van der Waals surface area contributed by atoms with E-state index >= 15 is 0 Å². The number of rotatable bonds is 8. The van der Waals surface area contributed by atoms with Crippen LogP contribution in [0.3, 0.4) is 0 Å². The summed E-state index contributed by atoms with van der Waals surface area (Å²) in [5, 5.41) is 9.38. The number of nitrogens with one attached hydrogen (secondary N) is 3. The van der Waals surface area contributed by atoms with Crippen molar-refractivity contribution in [3.63, 3.8) is 0 Å². The Bertz CT molecular complexity index is 973. The molecule has 0 saturated heterocycles. The molecule has 0 unspecified atom stereocenters. The van der Waals surface area contributed by atoms with E-state index in [1.54, 1.807) is 7.11 Å². The van der Waals surface area contributed by atoms with Crippen LogP contribution in [0, 0.1) is 6.92 Å². The van der Waals surface area contributed by atoms with Gasteiger partial charge in [0.1, 0.15) is 23.2 Å². The van der Waals surface area contributed by atoms with Gasteiger partial charge in [-0.05, 0) is 49.2 Å². The van der Waals surface area contributed by atoms with Gasteiger partial charge < -0.3 is 20.7 Å². The van der Waals surface area contributed by atoms with Crippen molar-refractivity contribution in [3.8, 4) is 5.75 Å². The van der Waals surface area contributed by atoms with E-state index in [1.165, 1.54) is 12.5 Å². The van der Waals surface area contributed by atoms with Crippen molar-refractivity contribution < 1.29 is 9.53 Å². The van der Waals surface area contributed by atoms with Gasteiger partial charge in [0, 0.05) is 30.9 Å². The molecule has 0 atom stereocenters. The lowest BCUT2D eigenvalue weighted by Crippen LogP contribution is -2.08. The zero-order chi connectivity index (χ0) is 20.6. The summed E-state index contributed by atoms with van der Waals surface area (Å²) in [6.07, 6.45) is 0.870. The molecule has 7 nitrogen and oxygen atoms in total. The molecule has 3 aromatic rings. The molecule has 0 saturated carbocycles. The Morgan fingerprint density at radius 1 is 1.00 bits per heavy atom. The van der Waals surface area contributed by atoms with Gasteiger partial charge in [0.2, 0.25) is 5.91 Å². The zero-order valence-electron chi connectivity index (χ0n) is 16.8. The van der Waals surface area contributed by atoms with Gasteiger partial charge in [0.25, 0.3) is 0 Å². The van der Waals surface area contributed by atoms with Crippen molar-refractivity contribution in [2.24, 2.45) is 0 Å². The van der Waals surface area contributed by atoms with Crippen LogP contribution < -0.4 is 20.7 Å². The molecule has 0 bridgehead atoms. The van der Waals surface area contributed by atoms with Gasteiger partial charge in [-0.15, -0.1) is 0 Å². The highest BCUT2D eigenvalue weighted by Gasteiger charge is 2.04. The van der Waals surface area contributed by atoms with E-state index in [9.17, 15) is 4.79 Å². The van der Waals surface area contributed by atoms with Crippen molar-refractivity contribution in [1.82, 2.24) is 9.97 Å². The number of methoxy groups -OCH3 is 1. The Morgan fingerprint density at radius 2 is 1.72 bits per heavy atom. The van der Waals surface area contributed by atoms with Gasteiger partial charge in [-0.2, -0.15) is 0 Å². The molecule has 3 N–H and O–H groups in total. The second-order valence-electron chi connectivity index (χ2n) is 6.60. The summed E-state index contributed by atoms with van der Waals surface area (Å²) >= 11 is 0. The Labute approximate surface area is 170 Å². The first-order valence-corrected chi connectivity index (χ1v) is 9.39. The molecule has 0 aliphatic carbocycles. The van der Waals surface area contributed by atoms with Crippen LogP contribution in [0.1, 0.15) is 18.3 Å². The van der Waals surface area contributed by atoms with Crippen molar-refractivity contribution in [2.75, 3.05) is 29.6 Å². The van der Waals surface area contributed by atoms with Crippen molar-refractivity contribution >= 4 is 28.9 Å². The van der Waals surface area contributed by atoms with Gasteiger partial charge in [-0.1, -0.05) is 18.2 Å². The van der Waals surface area contributed by atoms with Crippen LogP contribution in [-0.4, -0.2) is 29.5 Å². The van der Waals surface area contributed by atoms with E-state index in [1.807, 2.05) is 49.4 Å². The first kappa shape index (κ1) is 20.1. The number of benzene rings is 2.